The smallest absolute Gasteiger partial charge is 0.303 e. The van der Waals surface area contributed by atoms with Gasteiger partial charge in [0.1, 0.15) is 0 Å². The standard InChI is InChI=1S/C20H16O2.C4H8N2O3/c21-18(22)6-2-3-13-7-8-16-10-9-14-4-1-5-15-11-12-17(13)20(16)19(14)15;5-3(7)1-2-4(8)6-9/h1,4-5,7-12H,2-3,6H2,(H,21,22);9H,1-2H2,(H2,5,7)(H,6,8). The lowest BCUT2D eigenvalue weighted by Crippen LogP contribution is -2.21. The molecule has 31 heavy (non-hydrogen) atoms. The van der Waals surface area contributed by atoms with Gasteiger partial charge in [0, 0.05) is 19.3 Å². The zero-order valence-corrected chi connectivity index (χ0v) is 16.9. The number of hydrogen-bond donors (Lipinski definition) is 4. The van der Waals surface area contributed by atoms with Crippen molar-refractivity contribution in [2.75, 3.05) is 0 Å². The molecule has 0 aliphatic heterocycles. The highest BCUT2D eigenvalue weighted by Crippen LogP contribution is 2.36. The van der Waals surface area contributed by atoms with E-state index in [0.29, 0.717) is 6.42 Å². The number of carbonyl (C=O) groups excluding carboxylic acids is 2. The largest absolute Gasteiger partial charge is 0.481 e. The van der Waals surface area contributed by atoms with E-state index < -0.39 is 17.8 Å². The molecular formula is C24H24N2O5. The molecule has 0 saturated carbocycles. The Morgan fingerprint density at radius 3 is 2.03 bits per heavy atom. The molecule has 0 aromatic heterocycles. The number of benzene rings is 4. The quantitative estimate of drug-likeness (QED) is 0.206. The van der Waals surface area contributed by atoms with Crippen molar-refractivity contribution in [1.82, 2.24) is 5.48 Å². The summed E-state index contributed by atoms with van der Waals surface area (Å²) in [6, 6.07) is 19.4. The van der Waals surface area contributed by atoms with Gasteiger partial charge in [-0.05, 0) is 50.7 Å². The molecule has 5 N–H and O–H groups in total. The predicted molar refractivity (Wildman–Crippen MR) is 119 cm³/mol. The third-order valence-corrected chi connectivity index (χ3v) is 5.18. The summed E-state index contributed by atoms with van der Waals surface area (Å²) >= 11 is 0. The lowest BCUT2D eigenvalue weighted by atomic mass is 9.90. The monoisotopic (exact) mass is 420 g/mol. The van der Waals surface area contributed by atoms with Crippen LogP contribution in [0.4, 0.5) is 0 Å². The molecule has 7 nitrogen and oxygen atoms in total. The highest BCUT2D eigenvalue weighted by Gasteiger charge is 2.10. The number of carboxylic acids is 1. The molecule has 0 unspecified atom stereocenters. The van der Waals surface area contributed by atoms with E-state index in [-0.39, 0.29) is 19.3 Å². The molecule has 0 aliphatic carbocycles. The molecule has 160 valence electrons. The number of hydrogen-bond acceptors (Lipinski definition) is 4. The minimum absolute atomic E-state index is 0.0353. The van der Waals surface area contributed by atoms with Crippen molar-refractivity contribution < 1.29 is 24.7 Å². The van der Waals surface area contributed by atoms with E-state index >= 15 is 0 Å². The minimum atomic E-state index is -0.724. The summed E-state index contributed by atoms with van der Waals surface area (Å²) in [5.41, 5.74) is 7.31. The van der Waals surface area contributed by atoms with E-state index in [4.69, 9.17) is 16.0 Å². The van der Waals surface area contributed by atoms with Crippen LogP contribution in [0.3, 0.4) is 0 Å². The SMILES string of the molecule is NC(=O)CCC(=O)NO.O=C(O)CCCc1ccc2ccc3cccc4ccc1c2c34. The molecule has 0 aliphatic rings. The van der Waals surface area contributed by atoms with Crippen LogP contribution >= 0.6 is 0 Å². The number of amides is 2. The Labute approximate surface area is 178 Å². The Balaban J connectivity index is 0.000000259. The van der Waals surface area contributed by atoms with E-state index in [0.717, 1.165) is 6.42 Å². The van der Waals surface area contributed by atoms with Gasteiger partial charge in [-0.25, -0.2) is 5.48 Å². The molecule has 0 spiro atoms. The molecule has 0 fully saturated rings. The highest BCUT2D eigenvalue weighted by molar-refractivity contribution is 6.23. The maximum absolute atomic E-state index is 10.7. The van der Waals surface area contributed by atoms with E-state index in [1.165, 1.54) is 43.4 Å². The summed E-state index contributed by atoms with van der Waals surface area (Å²) in [6.45, 7) is 0. The first-order valence-electron chi connectivity index (χ1n) is 9.99. The van der Waals surface area contributed by atoms with E-state index in [2.05, 4.69) is 54.6 Å². The predicted octanol–water partition coefficient (Wildman–Crippen LogP) is 3.75. The minimum Gasteiger partial charge on any atom is -0.481 e. The van der Waals surface area contributed by atoms with Crippen molar-refractivity contribution in [2.45, 2.75) is 32.1 Å². The number of carbonyl (C=O) groups is 3. The van der Waals surface area contributed by atoms with Crippen LogP contribution in [0, 0.1) is 0 Å². The molecule has 4 rings (SSSR count). The van der Waals surface area contributed by atoms with Gasteiger partial charge in [0.25, 0.3) is 0 Å². The molecule has 7 heteroatoms. The first kappa shape index (κ1) is 22.0. The number of primary amides is 1. The molecule has 0 radical (unpaired) electrons. The third-order valence-electron chi connectivity index (χ3n) is 5.18. The summed E-state index contributed by atoms with van der Waals surface area (Å²) in [6.07, 6.45) is 1.61. The average Bonchev–Trinajstić information content (AvgIpc) is 2.76. The maximum atomic E-state index is 10.7. The molecule has 0 bridgehead atoms. The zero-order chi connectivity index (χ0) is 22.4. The van der Waals surface area contributed by atoms with Gasteiger partial charge < -0.3 is 10.8 Å². The van der Waals surface area contributed by atoms with Crippen molar-refractivity contribution in [3.05, 3.63) is 60.2 Å². The second kappa shape index (κ2) is 9.86. The summed E-state index contributed by atoms with van der Waals surface area (Å²) in [5, 5.41) is 24.4. The summed E-state index contributed by atoms with van der Waals surface area (Å²) in [7, 11) is 0. The molecule has 2 amide bonds. The van der Waals surface area contributed by atoms with Crippen LogP contribution in [0.2, 0.25) is 0 Å². The first-order valence-corrected chi connectivity index (χ1v) is 9.99. The van der Waals surface area contributed by atoms with Gasteiger partial charge in [0.15, 0.2) is 0 Å². The second-order valence-corrected chi connectivity index (χ2v) is 7.33. The van der Waals surface area contributed by atoms with Gasteiger partial charge >= 0.3 is 5.97 Å². The van der Waals surface area contributed by atoms with Crippen LogP contribution in [0.15, 0.2) is 54.6 Å². The number of rotatable bonds is 7. The molecule has 4 aromatic rings. The molecule has 0 atom stereocenters. The van der Waals surface area contributed by atoms with Gasteiger partial charge in [0.05, 0.1) is 0 Å². The van der Waals surface area contributed by atoms with E-state index in [9.17, 15) is 14.4 Å². The highest BCUT2D eigenvalue weighted by atomic mass is 16.5. The number of nitrogens with two attached hydrogens (primary N) is 1. The van der Waals surface area contributed by atoms with Crippen LogP contribution in [0.1, 0.15) is 31.2 Å². The fourth-order valence-electron chi connectivity index (χ4n) is 3.74. The molecule has 4 aromatic carbocycles. The van der Waals surface area contributed by atoms with Crippen molar-refractivity contribution in [2.24, 2.45) is 5.73 Å². The topological polar surface area (TPSA) is 130 Å². The Morgan fingerprint density at radius 2 is 1.42 bits per heavy atom. The van der Waals surface area contributed by atoms with Crippen LogP contribution in [0.5, 0.6) is 0 Å². The first-order chi connectivity index (χ1) is 14.9. The van der Waals surface area contributed by atoms with Gasteiger partial charge in [-0.1, -0.05) is 54.6 Å². The van der Waals surface area contributed by atoms with E-state index in [1.54, 1.807) is 0 Å². The van der Waals surface area contributed by atoms with Crippen molar-refractivity contribution in [3.63, 3.8) is 0 Å². The number of hydroxylamine groups is 1. The lowest BCUT2D eigenvalue weighted by molar-refractivity contribution is -0.137. The normalized spacial score (nSPS) is 10.7. The van der Waals surface area contributed by atoms with Gasteiger partial charge in [-0.15, -0.1) is 0 Å². The Hall–Kier alpha value is -3.71. The summed E-state index contributed by atoms with van der Waals surface area (Å²) in [5.74, 6) is -1.88. The third kappa shape index (κ3) is 5.26. The Morgan fingerprint density at radius 1 is 0.806 bits per heavy atom. The second-order valence-electron chi connectivity index (χ2n) is 7.33. The fraction of sp³-hybridized carbons (Fsp3) is 0.208. The average molecular weight is 420 g/mol. The van der Waals surface area contributed by atoms with Gasteiger partial charge in [-0.2, -0.15) is 0 Å². The van der Waals surface area contributed by atoms with Crippen LogP contribution in [-0.2, 0) is 20.8 Å². The van der Waals surface area contributed by atoms with Crippen molar-refractivity contribution in [1.29, 1.82) is 0 Å². The Kier molecular flexibility index (Phi) is 6.99. The van der Waals surface area contributed by atoms with Gasteiger partial charge in [-0.3, -0.25) is 19.6 Å². The number of aliphatic carboxylic acids is 1. The number of aryl methyl sites for hydroxylation is 1. The molecule has 0 saturated heterocycles. The Bertz CT molecular complexity index is 1220. The van der Waals surface area contributed by atoms with Crippen LogP contribution in [-0.4, -0.2) is 28.1 Å². The van der Waals surface area contributed by atoms with Crippen LogP contribution < -0.4 is 11.2 Å². The van der Waals surface area contributed by atoms with E-state index in [1.807, 2.05) is 0 Å². The molecule has 0 heterocycles. The van der Waals surface area contributed by atoms with Crippen LogP contribution in [0.25, 0.3) is 32.3 Å². The summed E-state index contributed by atoms with van der Waals surface area (Å²) < 4.78 is 0. The summed E-state index contributed by atoms with van der Waals surface area (Å²) in [4.78, 5) is 30.9. The fourth-order valence-corrected chi connectivity index (χ4v) is 3.74. The molecular weight excluding hydrogens is 396 g/mol. The number of carboxylic acid groups (broad SMARTS) is 1. The van der Waals surface area contributed by atoms with Gasteiger partial charge in [0.2, 0.25) is 11.8 Å². The number of nitrogens with one attached hydrogen (secondary N) is 1. The van der Waals surface area contributed by atoms with Crippen molar-refractivity contribution in [3.8, 4) is 0 Å². The maximum Gasteiger partial charge on any atom is 0.303 e. The zero-order valence-electron chi connectivity index (χ0n) is 16.9. The van der Waals surface area contributed by atoms with Crippen molar-refractivity contribution >= 4 is 50.1 Å². The lowest BCUT2D eigenvalue weighted by Gasteiger charge is -2.13.